The smallest absolute Gasteiger partial charge is 0.391 e. The van der Waals surface area contributed by atoms with Gasteiger partial charge in [0.1, 0.15) is 5.82 Å². The molecule has 0 bridgehead atoms. The molecule has 0 unspecified atom stereocenters. The quantitative estimate of drug-likeness (QED) is 0.923. The average Bonchev–Trinajstić information content (AvgIpc) is 2.55. The predicted molar refractivity (Wildman–Crippen MR) is 79.1 cm³/mol. The number of rotatable bonds is 2. The molecular weight excluding hydrogens is 307 g/mol. The van der Waals surface area contributed by atoms with Crippen molar-refractivity contribution in [3.63, 3.8) is 0 Å². The van der Waals surface area contributed by atoms with E-state index in [1.54, 1.807) is 4.90 Å². The van der Waals surface area contributed by atoms with Crippen LogP contribution in [0.3, 0.4) is 0 Å². The number of piperidine rings is 1. The third-order valence-electron chi connectivity index (χ3n) is 4.06. The minimum absolute atomic E-state index is 0.0230. The van der Waals surface area contributed by atoms with Crippen molar-refractivity contribution in [1.82, 2.24) is 9.97 Å². The zero-order chi connectivity index (χ0) is 16.4. The van der Waals surface area contributed by atoms with Crippen LogP contribution < -0.4 is 4.90 Å². The maximum Gasteiger partial charge on any atom is 0.434 e. The lowest BCUT2D eigenvalue weighted by Gasteiger charge is -2.36. The van der Waals surface area contributed by atoms with Crippen LogP contribution in [0.1, 0.15) is 23.6 Å². The van der Waals surface area contributed by atoms with Gasteiger partial charge in [0.2, 0.25) is 0 Å². The van der Waals surface area contributed by atoms with Crippen molar-refractivity contribution in [3.05, 3.63) is 54.0 Å². The molecule has 1 fully saturated rings. The zero-order valence-corrected chi connectivity index (χ0v) is 12.2. The van der Waals surface area contributed by atoms with E-state index in [2.05, 4.69) is 9.97 Å². The number of aliphatic hydroxyl groups is 1. The van der Waals surface area contributed by atoms with Crippen molar-refractivity contribution in [1.29, 1.82) is 0 Å². The minimum Gasteiger partial charge on any atom is -0.391 e. The van der Waals surface area contributed by atoms with Crippen LogP contribution in [-0.4, -0.2) is 34.3 Å². The van der Waals surface area contributed by atoms with Crippen LogP contribution in [0.4, 0.5) is 19.0 Å². The second-order valence-electron chi connectivity index (χ2n) is 5.58. The molecule has 0 amide bonds. The molecule has 4 nitrogen and oxygen atoms in total. The summed E-state index contributed by atoms with van der Waals surface area (Å²) in [7, 11) is 0. The van der Waals surface area contributed by atoms with Crippen molar-refractivity contribution in [3.8, 4) is 0 Å². The number of hydrogen-bond acceptors (Lipinski definition) is 4. The first-order chi connectivity index (χ1) is 10.9. The molecule has 2 heterocycles. The van der Waals surface area contributed by atoms with Crippen molar-refractivity contribution < 1.29 is 18.3 Å². The molecule has 0 saturated carbocycles. The Balaban J connectivity index is 1.70. The first-order valence-corrected chi connectivity index (χ1v) is 7.32. The number of aromatic nitrogens is 2. The summed E-state index contributed by atoms with van der Waals surface area (Å²) in [6, 6.07) is 9.72. The lowest BCUT2D eigenvalue weighted by Crippen LogP contribution is -2.43. The maximum absolute atomic E-state index is 12.5. The standard InChI is InChI=1S/C16H16F3N3O/c17-16(18,19)14-8-21-15(9-20-14)22-7-6-12(13(23)10-22)11-4-2-1-3-5-11/h1-5,8-9,12-13,23H,6-7,10H2/t12-,13-/m1/s1. The van der Waals surface area contributed by atoms with Gasteiger partial charge in [-0.3, -0.25) is 0 Å². The van der Waals surface area contributed by atoms with E-state index in [0.717, 1.165) is 18.0 Å². The summed E-state index contributed by atoms with van der Waals surface area (Å²) in [6.07, 6.45) is -2.56. The second kappa shape index (κ2) is 6.16. The Morgan fingerprint density at radius 2 is 1.83 bits per heavy atom. The van der Waals surface area contributed by atoms with E-state index < -0.39 is 18.0 Å². The lowest BCUT2D eigenvalue weighted by molar-refractivity contribution is -0.141. The third kappa shape index (κ3) is 3.44. The van der Waals surface area contributed by atoms with Crippen LogP contribution in [0.25, 0.3) is 0 Å². The predicted octanol–water partition coefficient (Wildman–Crippen LogP) is 2.85. The molecule has 2 aromatic rings. The molecule has 3 rings (SSSR count). The molecule has 7 heteroatoms. The molecule has 1 aliphatic rings. The van der Waals surface area contributed by atoms with Gasteiger partial charge < -0.3 is 10.0 Å². The Morgan fingerprint density at radius 1 is 1.09 bits per heavy atom. The molecule has 2 atom stereocenters. The van der Waals surface area contributed by atoms with Crippen molar-refractivity contribution in [2.24, 2.45) is 0 Å². The van der Waals surface area contributed by atoms with Crippen LogP contribution in [0.2, 0.25) is 0 Å². The number of benzene rings is 1. The van der Waals surface area contributed by atoms with E-state index in [1.165, 1.54) is 0 Å². The highest BCUT2D eigenvalue weighted by Crippen LogP contribution is 2.31. The van der Waals surface area contributed by atoms with Gasteiger partial charge in [0.25, 0.3) is 0 Å². The van der Waals surface area contributed by atoms with Crippen LogP contribution in [-0.2, 0) is 6.18 Å². The van der Waals surface area contributed by atoms with Gasteiger partial charge in [-0.2, -0.15) is 13.2 Å². The van der Waals surface area contributed by atoms with Crippen LogP contribution in [0, 0.1) is 0 Å². The van der Waals surface area contributed by atoms with Gasteiger partial charge in [-0.25, -0.2) is 9.97 Å². The SMILES string of the molecule is O[C@@H]1CN(c2cnc(C(F)(F)F)cn2)CC[C@@H]1c1ccccc1. The highest BCUT2D eigenvalue weighted by molar-refractivity contribution is 5.38. The van der Waals surface area contributed by atoms with Gasteiger partial charge in [0, 0.05) is 19.0 Å². The molecule has 23 heavy (non-hydrogen) atoms. The molecule has 1 N–H and O–H groups in total. The number of halogens is 3. The number of β-amino-alcohol motifs (C(OH)–C–C–N with tert-alkyl or cyclic N) is 1. The number of hydrogen-bond donors (Lipinski definition) is 1. The zero-order valence-electron chi connectivity index (χ0n) is 12.2. The van der Waals surface area contributed by atoms with Gasteiger partial charge in [-0.15, -0.1) is 0 Å². The van der Waals surface area contributed by atoms with Gasteiger partial charge in [-0.1, -0.05) is 30.3 Å². The van der Waals surface area contributed by atoms with Gasteiger partial charge in [-0.05, 0) is 12.0 Å². The normalized spacial score (nSPS) is 22.2. The van der Waals surface area contributed by atoms with Crippen LogP contribution in [0.5, 0.6) is 0 Å². The van der Waals surface area contributed by atoms with E-state index in [-0.39, 0.29) is 5.92 Å². The maximum atomic E-state index is 12.5. The summed E-state index contributed by atoms with van der Waals surface area (Å²) >= 11 is 0. The minimum atomic E-state index is -4.49. The number of nitrogens with zero attached hydrogens (tertiary/aromatic N) is 3. The van der Waals surface area contributed by atoms with E-state index in [9.17, 15) is 18.3 Å². The number of aliphatic hydroxyl groups excluding tert-OH is 1. The molecule has 1 aliphatic heterocycles. The lowest BCUT2D eigenvalue weighted by atomic mass is 9.87. The van der Waals surface area contributed by atoms with E-state index in [4.69, 9.17) is 0 Å². The fourth-order valence-electron chi connectivity index (χ4n) is 2.86. The number of alkyl halides is 3. The fourth-order valence-corrected chi connectivity index (χ4v) is 2.86. The monoisotopic (exact) mass is 323 g/mol. The van der Waals surface area contributed by atoms with Crippen molar-refractivity contribution in [2.75, 3.05) is 18.0 Å². The first-order valence-electron chi connectivity index (χ1n) is 7.32. The Labute approximate surface area is 131 Å². The molecule has 0 spiro atoms. The van der Waals surface area contributed by atoms with Gasteiger partial charge in [0.15, 0.2) is 5.69 Å². The largest absolute Gasteiger partial charge is 0.434 e. The third-order valence-corrected chi connectivity index (χ3v) is 4.06. The molecule has 0 aliphatic carbocycles. The summed E-state index contributed by atoms with van der Waals surface area (Å²) in [6.45, 7) is 0.927. The topological polar surface area (TPSA) is 49.2 Å². The highest BCUT2D eigenvalue weighted by Gasteiger charge is 2.34. The Morgan fingerprint density at radius 3 is 2.39 bits per heavy atom. The van der Waals surface area contributed by atoms with Crippen LogP contribution >= 0.6 is 0 Å². The Bertz CT molecular complexity index is 646. The molecule has 1 aromatic heterocycles. The van der Waals surface area contributed by atoms with Gasteiger partial charge in [0.05, 0.1) is 18.5 Å². The Hall–Kier alpha value is -2.15. The number of anilines is 1. The highest BCUT2D eigenvalue weighted by atomic mass is 19.4. The van der Waals surface area contributed by atoms with Crippen LogP contribution in [0.15, 0.2) is 42.7 Å². The summed E-state index contributed by atoms with van der Waals surface area (Å²) in [4.78, 5) is 9.01. The molecule has 1 aromatic carbocycles. The molecule has 122 valence electrons. The van der Waals surface area contributed by atoms with E-state index >= 15 is 0 Å². The molecule has 0 radical (unpaired) electrons. The molecule has 1 saturated heterocycles. The molecular formula is C16H16F3N3O. The summed E-state index contributed by atoms with van der Waals surface area (Å²) in [5, 5.41) is 10.4. The second-order valence-corrected chi connectivity index (χ2v) is 5.58. The van der Waals surface area contributed by atoms with Crippen molar-refractivity contribution >= 4 is 5.82 Å². The van der Waals surface area contributed by atoms with E-state index in [1.807, 2.05) is 30.3 Å². The van der Waals surface area contributed by atoms with Gasteiger partial charge >= 0.3 is 6.18 Å². The summed E-state index contributed by atoms with van der Waals surface area (Å²) in [5.74, 6) is 0.374. The fraction of sp³-hybridized carbons (Fsp3) is 0.375. The van der Waals surface area contributed by atoms with Crippen molar-refractivity contribution in [2.45, 2.75) is 24.6 Å². The van der Waals surface area contributed by atoms with E-state index in [0.29, 0.717) is 25.3 Å². The average molecular weight is 323 g/mol. The Kier molecular flexibility index (Phi) is 4.21. The summed E-state index contributed by atoms with van der Waals surface area (Å²) < 4.78 is 37.5. The summed E-state index contributed by atoms with van der Waals surface area (Å²) in [5.41, 5.74) is 0.0547. The first kappa shape index (κ1) is 15.7.